The van der Waals surface area contributed by atoms with E-state index in [9.17, 15) is 0 Å². The van der Waals surface area contributed by atoms with E-state index in [2.05, 4.69) is 23.5 Å². The normalized spacial score (nSPS) is 24.3. The molecule has 1 aromatic rings. The number of benzene rings is 1. The van der Waals surface area contributed by atoms with Crippen LogP contribution in [0.2, 0.25) is 0 Å². The first-order valence-electron chi connectivity index (χ1n) is 6.93. The average Bonchev–Trinajstić information content (AvgIpc) is 2.46. The predicted octanol–water partition coefficient (Wildman–Crippen LogP) is 2.01. The Bertz CT molecular complexity index is 388. The average molecular weight is 247 g/mol. The van der Waals surface area contributed by atoms with Crippen molar-refractivity contribution in [3.63, 3.8) is 0 Å². The Morgan fingerprint density at radius 1 is 1.17 bits per heavy atom. The Kier molecular flexibility index (Phi) is 3.81. The standard InChI is InChI=1S/C15H21NO2/c1-2-4-15-13(3-1)9-12(11-18-15)10-16-14-5-7-17-8-6-14/h1-4,12,14,16H,5-11H2/t12-/m0/s1. The summed E-state index contributed by atoms with van der Waals surface area (Å²) in [6, 6.07) is 9.01. The van der Waals surface area contributed by atoms with Crippen LogP contribution >= 0.6 is 0 Å². The number of nitrogens with one attached hydrogen (secondary N) is 1. The van der Waals surface area contributed by atoms with Crippen LogP contribution in [0.4, 0.5) is 0 Å². The van der Waals surface area contributed by atoms with Gasteiger partial charge in [0.15, 0.2) is 0 Å². The van der Waals surface area contributed by atoms with Crippen molar-refractivity contribution in [2.75, 3.05) is 26.4 Å². The van der Waals surface area contributed by atoms with Gasteiger partial charge < -0.3 is 14.8 Å². The molecular formula is C15H21NO2. The molecule has 2 aliphatic rings. The second-order valence-electron chi connectivity index (χ2n) is 5.28. The van der Waals surface area contributed by atoms with Crippen LogP contribution in [0.15, 0.2) is 24.3 Å². The van der Waals surface area contributed by atoms with E-state index < -0.39 is 0 Å². The van der Waals surface area contributed by atoms with Crippen LogP contribution in [-0.2, 0) is 11.2 Å². The van der Waals surface area contributed by atoms with Gasteiger partial charge in [-0.25, -0.2) is 0 Å². The summed E-state index contributed by atoms with van der Waals surface area (Å²) >= 11 is 0. The molecule has 1 atom stereocenters. The minimum atomic E-state index is 0.600. The van der Waals surface area contributed by atoms with Crippen molar-refractivity contribution in [2.45, 2.75) is 25.3 Å². The summed E-state index contributed by atoms with van der Waals surface area (Å²) in [4.78, 5) is 0. The van der Waals surface area contributed by atoms with Crippen LogP contribution in [0.5, 0.6) is 5.75 Å². The van der Waals surface area contributed by atoms with Crippen molar-refractivity contribution in [3.8, 4) is 5.75 Å². The third-order valence-electron chi connectivity index (χ3n) is 3.87. The highest BCUT2D eigenvalue weighted by molar-refractivity contribution is 5.35. The highest BCUT2D eigenvalue weighted by Gasteiger charge is 2.21. The Hall–Kier alpha value is -1.06. The minimum absolute atomic E-state index is 0.600. The molecule has 0 amide bonds. The first-order chi connectivity index (χ1) is 8.92. The van der Waals surface area contributed by atoms with Crippen molar-refractivity contribution < 1.29 is 9.47 Å². The Labute approximate surface area is 108 Å². The van der Waals surface area contributed by atoms with E-state index >= 15 is 0 Å². The van der Waals surface area contributed by atoms with Gasteiger partial charge in [0.1, 0.15) is 5.75 Å². The largest absolute Gasteiger partial charge is 0.493 e. The van der Waals surface area contributed by atoms with Gasteiger partial charge in [-0.2, -0.15) is 0 Å². The van der Waals surface area contributed by atoms with Gasteiger partial charge in [0.05, 0.1) is 6.61 Å². The fourth-order valence-electron chi connectivity index (χ4n) is 2.76. The van der Waals surface area contributed by atoms with Gasteiger partial charge in [-0.1, -0.05) is 18.2 Å². The molecule has 0 spiro atoms. The summed E-state index contributed by atoms with van der Waals surface area (Å²) in [6.07, 6.45) is 3.42. The van der Waals surface area contributed by atoms with E-state index in [1.165, 1.54) is 5.56 Å². The van der Waals surface area contributed by atoms with Crippen LogP contribution < -0.4 is 10.1 Å². The lowest BCUT2D eigenvalue weighted by Gasteiger charge is -2.29. The molecule has 0 bridgehead atoms. The van der Waals surface area contributed by atoms with Gasteiger partial charge in [-0.15, -0.1) is 0 Å². The zero-order valence-corrected chi connectivity index (χ0v) is 10.7. The van der Waals surface area contributed by atoms with Gasteiger partial charge in [0.25, 0.3) is 0 Å². The van der Waals surface area contributed by atoms with E-state index in [0.717, 1.165) is 51.4 Å². The lowest BCUT2D eigenvalue weighted by molar-refractivity contribution is 0.0756. The Morgan fingerprint density at radius 3 is 2.89 bits per heavy atom. The van der Waals surface area contributed by atoms with Crippen molar-refractivity contribution >= 4 is 0 Å². The van der Waals surface area contributed by atoms with E-state index in [4.69, 9.17) is 9.47 Å². The highest BCUT2D eigenvalue weighted by Crippen LogP contribution is 2.26. The van der Waals surface area contributed by atoms with E-state index in [1.807, 2.05) is 6.07 Å². The molecule has 0 saturated carbocycles. The molecule has 2 heterocycles. The Balaban J connectivity index is 1.50. The molecule has 0 aliphatic carbocycles. The van der Waals surface area contributed by atoms with Gasteiger partial charge in [-0.3, -0.25) is 0 Å². The first kappa shape index (κ1) is 12.0. The molecule has 18 heavy (non-hydrogen) atoms. The molecule has 3 nitrogen and oxygen atoms in total. The first-order valence-corrected chi connectivity index (χ1v) is 6.93. The van der Waals surface area contributed by atoms with Gasteiger partial charge >= 0.3 is 0 Å². The lowest BCUT2D eigenvalue weighted by atomic mass is 9.96. The number of para-hydroxylation sites is 1. The molecular weight excluding hydrogens is 226 g/mol. The minimum Gasteiger partial charge on any atom is -0.493 e. The zero-order valence-electron chi connectivity index (χ0n) is 10.7. The lowest BCUT2D eigenvalue weighted by Crippen LogP contribution is -2.40. The second-order valence-corrected chi connectivity index (χ2v) is 5.28. The Morgan fingerprint density at radius 2 is 2.00 bits per heavy atom. The fraction of sp³-hybridized carbons (Fsp3) is 0.600. The number of hydrogen-bond donors (Lipinski definition) is 1. The molecule has 3 heteroatoms. The van der Waals surface area contributed by atoms with Crippen LogP contribution in [-0.4, -0.2) is 32.4 Å². The predicted molar refractivity (Wildman–Crippen MR) is 71.0 cm³/mol. The SMILES string of the molecule is c1ccc2c(c1)C[C@@H](CNC1CCOCC1)CO2. The molecule has 3 rings (SSSR count). The van der Waals surface area contributed by atoms with Gasteiger partial charge in [0.2, 0.25) is 0 Å². The van der Waals surface area contributed by atoms with Crippen LogP contribution in [0.25, 0.3) is 0 Å². The summed E-state index contributed by atoms with van der Waals surface area (Å²) in [5, 5.41) is 3.66. The number of ether oxygens (including phenoxy) is 2. The third-order valence-corrected chi connectivity index (χ3v) is 3.87. The molecule has 0 unspecified atom stereocenters. The summed E-state index contributed by atoms with van der Waals surface area (Å²) in [6.45, 7) is 3.70. The van der Waals surface area contributed by atoms with Crippen molar-refractivity contribution in [1.29, 1.82) is 0 Å². The monoisotopic (exact) mass is 247 g/mol. The molecule has 1 aromatic carbocycles. The summed E-state index contributed by atoms with van der Waals surface area (Å²) in [5.74, 6) is 1.67. The molecule has 0 aromatic heterocycles. The summed E-state index contributed by atoms with van der Waals surface area (Å²) < 4.78 is 11.2. The van der Waals surface area contributed by atoms with Crippen LogP contribution in [0, 0.1) is 5.92 Å². The van der Waals surface area contributed by atoms with Crippen molar-refractivity contribution in [3.05, 3.63) is 29.8 Å². The maximum Gasteiger partial charge on any atom is 0.122 e. The molecule has 2 aliphatic heterocycles. The van der Waals surface area contributed by atoms with Crippen molar-refractivity contribution in [1.82, 2.24) is 5.32 Å². The number of fused-ring (bicyclic) bond motifs is 1. The fourth-order valence-corrected chi connectivity index (χ4v) is 2.76. The van der Waals surface area contributed by atoms with Crippen LogP contribution in [0.3, 0.4) is 0 Å². The van der Waals surface area contributed by atoms with E-state index in [1.54, 1.807) is 0 Å². The quantitative estimate of drug-likeness (QED) is 0.886. The second kappa shape index (κ2) is 5.72. The molecule has 1 N–H and O–H groups in total. The van der Waals surface area contributed by atoms with Crippen LogP contribution in [0.1, 0.15) is 18.4 Å². The summed E-state index contributed by atoms with van der Waals surface area (Å²) in [5.41, 5.74) is 1.35. The topological polar surface area (TPSA) is 30.5 Å². The summed E-state index contributed by atoms with van der Waals surface area (Å²) in [7, 11) is 0. The van der Waals surface area contributed by atoms with Crippen molar-refractivity contribution in [2.24, 2.45) is 5.92 Å². The third kappa shape index (κ3) is 2.85. The van der Waals surface area contributed by atoms with E-state index in [-0.39, 0.29) is 0 Å². The molecule has 1 fully saturated rings. The van der Waals surface area contributed by atoms with Gasteiger partial charge in [0, 0.05) is 31.7 Å². The number of rotatable bonds is 3. The highest BCUT2D eigenvalue weighted by atomic mass is 16.5. The maximum atomic E-state index is 5.81. The maximum absolute atomic E-state index is 5.81. The molecule has 1 saturated heterocycles. The van der Waals surface area contributed by atoms with E-state index in [0.29, 0.717) is 12.0 Å². The van der Waals surface area contributed by atoms with Gasteiger partial charge in [-0.05, 0) is 30.9 Å². The molecule has 0 radical (unpaired) electrons. The smallest absolute Gasteiger partial charge is 0.122 e. The number of hydrogen-bond acceptors (Lipinski definition) is 3. The zero-order chi connectivity index (χ0) is 12.2. The molecule has 98 valence electrons.